The summed E-state index contributed by atoms with van der Waals surface area (Å²) in [6.07, 6.45) is 3.83. The van der Waals surface area contributed by atoms with Crippen molar-refractivity contribution >= 4 is 11.6 Å². The van der Waals surface area contributed by atoms with Gasteiger partial charge < -0.3 is 11.1 Å². The number of hydrogen-bond acceptors (Lipinski definition) is 2. The molecule has 1 saturated carbocycles. The number of carbonyl (C=O) groups excluding carboxylic acids is 1. The van der Waals surface area contributed by atoms with E-state index in [1.54, 1.807) is 12.1 Å². The molecule has 18 heavy (non-hydrogen) atoms. The zero-order valence-corrected chi connectivity index (χ0v) is 10.6. The fourth-order valence-electron chi connectivity index (χ4n) is 2.75. The number of amides is 1. The van der Waals surface area contributed by atoms with Crippen molar-refractivity contribution < 1.29 is 9.18 Å². The van der Waals surface area contributed by atoms with Crippen molar-refractivity contribution in [2.24, 2.45) is 11.7 Å². The summed E-state index contributed by atoms with van der Waals surface area (Å²) in [7, 11) is 0. The Morgan fingerprint density at radius 2 is 2.06 bits per heavy atom. The third-order valence-electron chi connectivity index (χ3n) is 3.95. The molecule has 0 aliphatic heterocycles. The number of primary amides is 1. The Balaban J connectivity index is 2.25. The maximum absolute atomic E-state index is 12.9. The van der Waals surface area contributed by atoms with Crippen molar-refractivity contribution in [2.45, 2.75) is 38.1 Å². The van der Waals surface area contributed by atoms with E-state index in [-0.39, 0.29) is 17.6 Å². The van der Waals surface area contributed by atoms with E-state index < -0.39 is 5.54 Å². The summed E-state index contributed by atoms with van der Waals surface area (Å²) in [4.78, 5) is 11.8. The number of nitrogens with two attached hydrogens (primary N) is 1. The molecule has 0 saturated heterocycles. The largest absolute Gasteiger partial charge is 0.371 e. The first-order valence-electron chi connectivity index (χ1n) is 6.38. The van der Waals surface area contributed by atoms with Crippen LogP contribution in [-0.2, 0) is 4.79 Å². The molecule has 1 amide bonds. The van der Waals surface area contributed by atoms with Gasteiger partial charge in [0.1, 0.15) is 11.4 Å². The second-order valence-electron chi connectivity index (χ2n) is 5.11. The average Bonchev–Trinajstić information content (AvgIpc) is 2.35. The van der Waals surface area contributed by atoms with Gasteiger partial charge in [-0.3, -0.25) is 4.79 Å². The van der Waals surface area contributed by atoms with E-state index in [0.717, 1.165) is 31.4 Å². The maximum Gasteiger partial charge on any atom is 0.243 e. The number of benzene rings is 1. The average molecular weight is 250 g/mol. The van der Waals surface area contributed by atoms with Crippen molar-refractivity contribution in [3.05, 3.63) is 30.1 Å². The quantitative estimate of drug-likeness (QED) is 0.866. The molecule has 0 heterocycles. The van der Waals surface area contributed by atoms with Gasteiger partial charge in [0.05, 0.1) is 0 Å². The monoisotopic (exact) mass is 250 g/mol. The van der Waals surface area contributed by atoms with Crippen molar-refractivity contribution in [3.8, 4) is 0 Å². The molecule has 3 nitrogen and oxygen atoms in total. The number of rotatable bonds is 3. The first-order chi connectivity index (χ1) is 8.54. The Morgan fingerprint density at radius 3 is 2.61 bits per heavy atom. The SMILES string of the molecule is CC1CCCCC1(Nc1ccc(F)cc1)C(N)=O. The lowest BCUT2D eigenvalue weighted by atomic mass is 9.73. The van der Waals surface area contributed by atoms with Crippen LogP contribution >= 0.6 is 0 Å². The Morgan fingerprint density at radius 1 is 1.39 bits per heavy atom. The molecular weight excluding hydrogens is 231 g/mol. The molecule has 1 aliphatic carbocycles. The van der Waals surface area contributed by atoms with Gasteiger partial charge in [0.2, 0.25) is 5.91 Å². The zero-order valence-electron chi connectivity index (χ0n) is 10.6. The molecule has 2 unspecified atom stereocenters. The predicted octanol–water partition coefficient (Wildman–Crippen LogP) is 2.67. The molecule has 2 atom stereocenters. The van der Waals surface area contributed by atoms with Crippen molar-refractivity contribution in [2.75, 3.05) is 5.32 Å². The first-order valence-corrected chi connectivity index (χ1v) is 6.38. The molecule has 0 aromatic heterocycles. The Bertz CT molecular complexity index is 432. The van der Waals surface area contributed by atoms with Crippen LogP contribution in [0.2, 0.25) is 0 Å². The number of anilines is 1. The second-order valence-corrected chi connectivity index (χ2v) is 5.11. The van der Waals surface area contributed by atoms with Crippen LogP contribution in [0.15, 0.2) is 24.3 Å². The highest BCUT2D eigenvalue weighted by Crippen LogP contribution is 2.36. The molecule has 1 aromatic carbocycles. The van der Waals surface area contributed by atoms with Gasteiger partial charge in [-0.15, -0.1) is 0 Å². The maximum atomic E-state index is 12.9. The molecule has 2 rings (SSSR count). The molecular formula is C14H19FN2O. The third kappa shape index (κ3) is 2.33. The Hall–Kier alpha value is -1.58. The summed E-state index contributed by atoms with van der Waals surface area (Å²) in [5.74, 6) is -0.418. The molecule has 3 N–H and O–H groups in total. The van der Waals surface area contributed by atoms with Crippen molar-refractivity contribution in [3.63, 3.8) is 0 Å². The van der Waals surface area contributed by atoms with Crippen LogP contribution in [0.25, 0.3) is 0 Å². The number of hydrogen-bond donors (Lipinski definition) is 2. The minimum atomic E-state index is -0.698. The first kappa shape index (κ1) is 12.9. The number of nitrogens with one attached hydrogen (secondary N) is 1. The molecule has 1 fully saturated rings. The lowest BCUT2D eigenvalue weighted by Gasteiger charge is -2.41. The van der Waals surface area contributed by atoms with Gasteiger partial charge in [-0.1, -0.05) is 19.8 Å². The minimum Gasteiger partial charge on any atom is -0.371 e. The molecule has 1 aromatic rings. The predicted molar refractivity (Wildman–Crippen MR) is 69.6 cm³/mol. The van der Waals surface area contributed by atoms with E-state index in [9.17, 15) is 9.18 Å². The standard InChI is InChI=1S/C14H19FN2O/c1-10-4-2-3-9-14(10,13(16)18)17-12-7-5-11(15)6-8-12/h5-8,10,17H,2-4,9H2,1H3,(H2,16,18). The summed E-state index contributed by atoms with van der Waals surface area (Å²) in [5, 5.41) is 3.23. The number of halogens is 1. The normalized spacial score (nSPS) is 27.8. The molecule has 1 aliphatic rings. The summed E-state index contributed by atoms with van der Waals surface area (Å²) >= 11 is 0. The fourth-order valence-corrected chi connectivity index (χ4v) is 2.75. The van der Waals surface area contributed by atoms with Gasteiger partial charge in [-0.05, 0) is 43.0 Å². The molecule has 0 spiro atoms. The smallest absolute Gasteiger partial charge is 0.243 e. The van der Waals surface area contributed by atoms with Crippen molar-refractivity contribution in [1.82, 2.24) is 0 Å². The van der Waals surface area contributed by atoms with E-state index in [1.807, 2.05) is 6.92 Å². The molecule has 0 radical (unpaired) electrons. The van der Waals surface area contributed by atoms with Gasteiger partial charge in [0.15, 0.2) is 0 Å². The van der Waals surface area contributed by atoms with Crippen molar-refractivity contribution in [1.29, 1.82) is 0 Å². The van der Waals surface area contributed by atoms with Gasteiger partial charge in [0, 0.05) is 5.69 Å². The molecule has 4 heteroatoms. The van der Waals surface area contributed by atoms with Gasteiger partial charge >= 0.3 is 0 Å². The fraction of sp³-hybridized carbons (Fsp3) is 0.500. The third-order valence-corrected chi connectivity index (χ3v) is 3.95. The Kier molecular flexibility index (Phi) is 3.55. The number of carbonyl (C=O) groups is 1. The van der Waals surface area contributed by atoms with Gasteiger partial charge in [-0.25, -0.2) is 4.39 Å². The zero-order chi connectivity index (χ0) is 13.2. The van der Waals surface area contributed by atoms with Crippen LogP contribution in [0.1, 0.15) is 32.6 Å². The van der Waals surface area contributed by atoms with Crippen LogP contribution in [0.3, 0.4) is 0 Å². The van der Waals surface area contributed by atoms with E-state index in [1.165, 1.54) is 12.1 Å². The molecule has 0 bridgehead atoms. The van der Waals surface area contributed by atoms with E-state index in [0.29, 0.717) is 0 Å². The minimum absolute atomic E-state index is 0.189. The summed E-state index contributed by atoms with van der Waals surface area (Å²) in [6, 6.07) is 6.04. The second kappa shape index (κ2) is 4.96. The summed E-state index contributed by atoms with van der Waals surface area (Å²) in [6.45, 7) is 2.04. The topological polar surface area (TPSA) is 55.1 Å². The molecule has 98 valence electrons. The Labute approximate surface area is 107 Å². The van der Waals surface area contributed by atoms with E-state index >= 15 is 0 Å². The summed E-state index contributed by atoms with van der Waals surface area (Å²) < 4.78 is 12.9. The van der Waals surface area contributed by atoms with Crippen LogP contribution in [0.5, 0.6) is 0 Å². The van der Waals surface area contributed by atoms with Gasteiger partial charge in [0.25, 0.3) is 0 Å². The van der Waals surface area contributed by atoms with Crippen LogP contribution < -0.4 is 11.1 Å². The van der Waals surface area contributed by atoms with Gasteiger partial charge in [-0.2, -0.15) is 0 Å². The highest BCUT2D eigenvalue weighted by Gasteiger charge is 2.43. The van der Waals surface area contributed by atoms with Crippen LogP contribution in [0, 0.1) is 11.7 Å². The lowest BCUT2D eigenvalue weighted by molar-refractivity contribution is -0.124. The highest BCUT2D eigenvalue weighted by atomic mass is 19.1. The highest BCUT2D eigenvalue weighted by molar-refractivity contribution is 5.88. The van der Waals surface area contributed by atoms with E-state index in [4.69, 9.17) is 5.73 Å². The van der Waals surface area contributed by atoms with Crippen LogP contribution in [0.4, 0.5) is 10.1 Å². The van der Waals surface area contributed by atoms with Crippen LogP contribution in [-0.4, -0.2) is 11.4 Å². The lowest BCUT2D eigenvalue weighted by Crippen LogP contribution is -2.56. The summed E-state index contributed by atoms with van der Waals surface area (Å²) in [5.41, 5.74) is 5.64. The van der Waals surface area contributed by atoms with E-state index in [2.05, 4.69) is 5.32 Å².